The molecule has 1 amide bonds. The molecule has 1 aliphatic heterocycles. The van der Waals surface area contributed by atoms with Gasteiger partial charge in [0, 0.05) is 55.3 Å². The third kappa shape index (κ3) is 7.67. The molecule has 5 nitrogen and oxygen atoms in total. The lowest BCUT2D eigenvalue weighted by Crippen LogP contribution is -2.39. The molecule has 2 N–H and O–H groups in total. The standard InChI is InChI=1S/C22H27ClN4OS.HI/c1-24-22(26-13-14-29-20-10-8-19(23)9-11-20)25-12-4-7-21(28)27-15-17-5-2-3-6-18(17)16-27;/h2-3,5-6,8-11H,4,7,12-16H2,1H3,(H2,24,25,26);1H. The fourth-order valence-corrected chi connectivity index (χ4v) is 4.10. The van der Waals surface area contributed by atoms with Gasteiger partial charge in [-0.1, -0.05) is 35.9 Å². The van der Waals surface area contributed by atoms with E-state index in [0.29, 0.717) is 6.42 Å². The minimum atomic E-state index is 0. The van der Waals surface area contributed by atoms with Crippen molar-refractivity contribution in [2.24, 2.45) is 4.99 Å². The number of thioether (sulfide) groups is 1. The number of amides is 1. The van der Waals surface area contributed by atoms with Crippen molar-refractivity contribution >= 4 is 59.2 Å². The number of aliphatic imine (C=N–C) groups is 1. The minimum Gasteiger partial charge on any atom is -0.356 e. The van der Waals surface area contributed by atoms with Crippen LogP contribution in [0.1, 0.15) is 24.0 Å². The van der Waals surface area contributed by atoms with Crippen molar-refractivity contribution in [3.05, 3.63) is 64.7 Å². The molecule has 0 atom stereocenters. The van der Waals surface area contributed by atoms with Gasteiger partial charge in [0.2, 0.25) is 5.91 Å². The molecule has 8 heteroatoms. The maximum absolute atomic E-state index is 12.4. The van der Waals surface area contributed by atoms with Gasteiger partial charge in [-0.2, -0.15) is 0 Å². The third-order valence-electron chi connectivity index (χ3n) is 4.75. The molecule has 2 aromatic carbocycles. The average Bonchev–Trinajstić information content (AvgIpc) is 3.18. The van der Waals surface area contributed by atoms with Crippen LogP contribution in [0.3, 0.4) is 0 Å². The maximum atomic E-state index is 12.4. The van der Waals surface area contributed by atoms with Gasteiger partial charge >= 0.3 is 0 Å². The molecule has 3 rings (SSSR count). The lowest BCUT2D eigenvalue weighted by molar-refractivity contribution is -0.131. The number of rotatable bonds is 8. The molecular weight excluding hydrogens is 531 g/mol. The fraction of sp³-hybridized carbons (Fsp3) is 0.364. The molecule has 30 heavy (non-hydrogen) atoms. The van der Waals surface area contributed by atoms with Crippen molar-refractivity contribution in [3.63, 3.8) is 0 Å². The second-order valence-corrected chi connectivity index (χ2v) is 8.45. The molecule has 0 bridgehead atoms. The summed E-state index contributed by atoms with van der Waals surface area (Å²) in [6, 6.07) is 16.1. The van der Waals surface area contributed by atoms with Crippen LogP contribution in [0.4, 0.5) is 0 Å². The largest absolute Gasteiger partial charge is 0.356 e. The first-order valence-electron chi connectivity index (χ1n) is 9.83. The number of nitrogens with one attached hydrogen (secondary N) is 2. The minimum absolute atomic E-state index is 0. The Morgan fingerprint density at radius 1 is 1.07 bits per heavy atom. The zero-order chi connectivity index (χ0) is 20.5. The lowest BCUT2D eigenvalue weighted by Gasteiger charge is -2.16. The van der Waals surface area contributed by atoms with Crippen LogP contribution >= 0.6 is 47.3 Å². The number of hydrogen-bond donors (Lipinski definition) is 2. The SMILES string of the molecule is CN=C(NCCCC(=O)N1Cc2ccccc2C1)NCCSc1ccc(Cl)cc1.I. The summed E-state index contributed by atoms with van der Waals surface area (Å²) in [5, 5.41) is 7.34. The Balaban J connectivity index is 0.00000320. The third-order valence-corrected chi connectivity index (χ3v) is 6.02. The summed E-state index contributed by atoms with van der Waals surface area (Å²) in [5.74, 6) is 1.91. The van der Waals surface area contributed by atoms with Crippen LogP contribution in [0.2, 0.25) is 5.02 Å². The first-order chi connectivity index (χ1) is 14.2. The van der Waals surface area contributed by atoms with E-state index in [-0.39, 0.29) is 29.9 Å². The van der Waals surface area contributed by atoms with Crippen LogP contribution in [-0.4, -0.2) is 42.7 Å². The summed E-state index contributed by atoms with van der Waals surface area (Å²) in [6.07, 6.45) is 1.33. The van der Waals surface area contributed by atoms with Crippen molar-refractivity contribution in [2.75, 3.05) is 25.9 Å². The van der Waals surface area contributed by atoms with Crippen LogP contribution < -0.4 is 10.6 Å². The highest BCUT2D eigenvalue weighted by Gasteiger charge is 2.22. The monoisotopic (exact) mass is 558 g/mol. The Labute approximate surface area is 205 Å². The number of guanidine groups is 1. The van der Waals surface area contributed by atoms with Crippen molar-refractivity contribution in [2.45, 2.75) is 30.8 Å². The molecule has 162 valence electrons. The van der Waals surface area contributed by atoms with Crippen LogP contribution in [0, 0.1) is 0 Å². The van der Waals surface area contributed by atoms with Crippen molar-refractivity contribution in [3.8, 4) is 0 Å². The normalized spacial score (nSPS) is 12.9. The zero-order valence-electron chi connectivity index (χ0n) is 17.1. The van der Waals surface area contributed by atoms with E-state index in [0.717, 1.165) is 49.3 Å². The fourth-order valence-electron chi connectivity index (χ4n) is 3.20. The Morgan fingerprint density at radius 3 is 2.33 bits per heavy atom. The molecule has 0 saturated carbocycles. The Morgan fingerprint density at radius 2 is 1.70 bits per heavy atom. The van der Waals surface area contributed by atoms with Gasteiger partial charge in [-0.05, 0) is 41.8 Å². The van der Waals surface area contributed by atoms with E-state index < -0.39 is 0 Å². The van der Waals surface area contributed by atoms with Gasteiger partial charge in [0.1, 0.15) is 0 Å². The second-order valence-electron chi connectivity index (χ2n) is 6.85. The molecule has 0 radical (unpaired) electrons. The van der Waals surface area contributed by atoms with E-state index >= 15 is 0 Å². The summed E-state index contributed by atoms with van der Waals surface area (Å²) >= 11 is 7.67. The summed E-state index contributed by atoms with van der Waals surface area (Å²) in [6.45, 7) is 2.99. The first-order valence-corrected chi connectivity index (χ1v) is 11.2. The second kappa shape index (κ2) is 13.1. The predicted molar refractivity (Wildman–Crippen MR) is 137 cm³/mol. The van der Waals surface area contributed by atoms with Gasteiger partial charge in [-0.15, -0.1) is 35.7 Å². The molecule has 0 unspecified atom stereocenters. The number of fused-ring (bicyclic) bond motifs is 1. The summed E-state index contributed by atoms with van der Waals surface area (Å²) in [4.78, 5) is 19.8. The van der Waals surface area contributed by atoms with Gasteiger partial charge in [0.25, 0.3) is 0 Å². The van der Waals surface area contributed by atoms with Gasteiger partial charge in [0.15, 0.2) is 5.96 Å². The Hall–Kier alpha value is -1.45. The van der Waals surface area contributed by atoms with Crippen molar-refractivity contribution < 1.29 is 4.79 Å². The molecule has 0 aliphatic carbocycles. The highest BCUT2D eigenvalue weighted by molar-refractivity contribution is 14.0. The first kappa shape index (κ1) is 24.8. The molecule has 1 aliphatic rings. The van der Waals surface area contributed by atoms with E-state index in [1.165, 1.54) is 16.0 Å². The Kier molecular flexibility index (Phi) is 10.8. The van der Waals surface area contributed by atoms with E-state index in [1.807, 2.05) is 41.3 Å². The van der Waals surface area contributed by atoms with E-state index in [4.69, 9.17) is 11.6 Å². The van der Waals surface area contributed by atoms with E-state index in [1.54, 1.807) is 18.8 Å². The number of carbonyl (C=O) groups is 1. The number of carbonyl (C=O) groups excluding carboxylic acids is 1. The van der Waals surface area contributed by atoms with Gasteiger partial charge < -0.3 is 15.5 Å². The van der Waals surface area contributed by atoms with E-state index in [2.05, 4.69) is 27.8 Å². The van der Waals surface area contributed by atoms with Gasteiger partial charge in [-0.3, -0.25) is 9.79 Å². The molecule has 1 heterocycles. The van der Waals surface area contributed by atoms with Crippen LogP contribution in [0.25, 0.3) is 0 Å². The molecule has 0 aromatic heterocycles. The zero-order valence-corrected chi connectivity index (χ0v) is 21.0. The number of hydrogen-bond acceptors (Lipinski definition) is 3. The Bertz CT molecular complexity index is 822. The summed E-state index contributed by atoms with van der Waals surface area (Å²) in [7, 11) is 1.76. The van der Waals surface area contributed by atoms with E-state index in [9.17, 15) is 4.79 Å². The quantitative estimate of drug-likeness (QED) is 0.164. The van der Waals surface area contributed by atoms with Crippen molar-refractivity contribution in [1.82, 2.24) is 15.5 Å². The maximum Gasteiger partial charge on any atom is 0.223 e. The van der Waals surface area contributed by atoms with Crippen LogP contribution in [0.15, 0.2) is 58.4 Å². The molecule has 2 aromatic rings. The molecular formula is C22H28ClIN4OS. The highest BCUT2D eigenvalue weighted by Crippen LogP contribution is 2.23. The van der Waals surface area contributed by atoms with Crippen molar-refractivity contribution in [1.29, 1.82) is 0 Å². The molecule has 0 spiro atoms. The average molecular weight is 559 g/mol. The number of benzene rings is 2. The predicted octanol–water partition coefficient (Wildman–Crippen LogP) is 4.54. The smallest absolute Gasteiger partial charge is 0.223 e. The van der Waals surface area contributed by atoms with Crippen LogP contribution in [-0.2, 0) is 17.9 Å². The summed E-state index contributed by atoms with van der Waals surface area (Å²) < 4.78 is 0. The van der Waals surface area contributed by atoms with Gasteiger partial charge in [0.05, 0.1) is 0 Å². The topological polar surface area (TPSA) is 56.7 Å². The highest BCUT2D eigenvalue weighted by atomic mass is 127. The number of halogens is 2. The molecule has 0 fully saturated rings. The number of nitrogens with zero attached hydrogens (tertiary/aromatic N) is 2. The van der Waals surface area contributed by atoms with Crippen LogP contribution in [0.5, 0.6) is 0 Å². The lowest BCUT2D eigenvalue weighted by atomic mass is 10.1. The molecule has 0 saturated heterocycles. The summed E-state index contributed by atoms with van der Waals surface area (Å²) in [5.41, 5.74) is 2.53. The van der Waals surface area contributed by atoms with Gasteiger partial charge in [-0.25, -0.2) is 0 Å².